The molecule has 0 atom stereocenters. The first kappa shape index (κ1) is 22.1. The van der Waals surface area contributed by atoms with Crippen LogP contribution in [0.1, 0.15) is 31.2 Å². The number of benzene rings is 1. The van der Waals surface area contributed by atoms with E-state index in [2.05, 4.69) is 10.2 Å². The minimum atomic E-state index is 0.289. The predicted octanol–water partition coefficient (Wildman–Crippen LogP) is 4.00. The van der Waals surface area contributed by atoms with E-state index in [-0.39, 0.29) is 6.10 Å². The molecule has 0 radical (unpaired) electrons. The molecule has 2 aliphatic heterocycles. The maximum absolute atomic E-state index is 6.57. The molecule has 0 spiro atoms. The number of hydrogen-bond acceptors (Lipinski definition) is 5. The Labute approximate surface area is 178 Å². The Bertz CT molecular complexity index is 590. The zero-order valence-corrected chi connectivity index (χ0v) is 18.2. The van der Waals surface area contributed by atoms with E-state index in [0.29, 0.717) is 5.02 Å². The molecule has 28 heavy (non-hydrogen) atoms. The van der Waals surface area contributed by atoms with E-state index in [1.54, 1.807) is 0 Å². The summed E-state index contributed by atoms with van der Waals surface area (Å²) in [6, 6.07) is 3.82. The first-order chi connectivity index (χ1) is 13.7. The molecule has 0 bridgehead atoms. The molecule has 5 nitrogen and oxygen atoms in total. The summed E-state index contributed by atoms with van der Waals surface area (Å²) in [5.41, 5.74) is 1.01. The van der Waals surface area contributed by atoms with Crippen molar-refractivity contribution in [2.75, 3.05) is 53.1 Å². The van der Waals surface area contributed by atoms with Gasteiger partial charge in [0.25, 0.3) is 0 Å². The zero-order valence-electron chi connectivity index (χ0n) is 16.7. The molecule has 1 aliphatic carbocycles. The number of hydrogen-bond donors (Lipinski definition) is 1. The van der Waals surface area contributed by atoms with Crippen molar-refractivity contribution < 1.29 is 14.2 Å². The van der Waals surface area contributed by atoms with Gasteiger partial charge in [0.15, 0.2) is 0 Å². The minimum Gasteiger partial charge on any atom is -0.489 e. The third-order valence-electron chi connectivity index (χ3n) is 5.45. The molecular weight excluding hydrogens is 399 g/mol. The molecule has 4 rings (SSSR count). The van der Waals surface area contributed by atoms with Crippen molar-refractivity contribution in [1.82, 2.24) is 10.2 Å². The molecule has 0 unspecified atom stereocenters. The Balaban J connectivity index is 0.000000320. The highest BCUT2D eigenvalue weighted by Gasteiger charge is 2.31. The van der Waals surface area contributed by atoms with Gasteiger partial charge in [0, 0.05) is 17.1 Å². The van der Waals surface area contributed by atoms with Gasteiger partial charge in [0.05, 0.1) is 37.6 Å². The molecule has 2 saturated heterocycles. The van der Waals surface area contributed by atoms with Gasteiger partial charge >= 0.3 is 0 Å². The highest BCUT2D eigenvalue weighted by Crippen LogP contribution is 2.38. The van der Waals surface area contributed by atoms with Crippen LogP contribution in [-0.2, 0) is 16.0 Å². The predicted molar refractivity (Wildman–Crippen MR) is 114 cm³/mol. The number of rotatable bonds is 6. The lowest BCUT2D eigenvalue weighted by molar-refractivity contribution is -0.0334. The van der Waals surface area contributed by atoms with Gasteiger partial charge in [0.2, 0.25) is 0 Å². The van der Waals surface area contributed by atoms with Crippen molar-refractivity contribution in [1.29, 1.82) is 0 Å². The standard InChI is InChI=1S/C17H24Cl2N2O.C4H8O2/c1-20-10-12-8-13(9-12)22-16-5-4-15(18)14(17(16)19)11-21-6-2-3-7-21;1-2-6-4-3-5-1/h4-5,12-13,20H,2-3,6-11H2,1H3;1-4H2. The van der Waals surface area contributed by atoms with Crippen LogP contribution in [0.25, 0.3) is 0 Å². The molecule has 2 heterocycles. The molecule has 1 aromatic carbocycles. The molecule has 1 aromatic rings. The SMILES string of the molecule is C1COCCO1.CNCC1CC(Oc2ccc(Cl)c(CN3CCCC3)c2Cl)C1. The van der Waals surface area contributed by atoms with E-state index in [4.69, 9.17) is 37.4 Å². The summed E-state index contributed by atoms with van der Waals surface area (Å²) in [4.78, 5) is 2.41. The first-order valence-corrected chi connectivity index (χ1v) is 11.1. The number of likely N-dealkylation sites (tertiary alicyclic amines) is 1. The van der Waals surface area contributed by atoms with Crippen LogP contribution >= 0.6 is 23.2 Å². The van der Waals surface area contributed by atoms with Crippen LogP contribution in [0, 0.1) is 5.92 Å². The van der Waals surface area contributed by atoms with Crippen LogP contribution in [0.4, 0.5) is 0 Å². The Hall–Kier alpha value is -0.560. The summed E-state index contributed by atoms with van der Waals surface area (Å²) in [5.74, 6) is 1.51. The van der Waals surface area contributed by atoms with Crippen molar-refractivity contribution >= 4 is 23.2 Å². The number of nitrogens with one attached hydrogen (secondary N) is 1. The summed E-state index contributed by atoms with van der Waals surface area (Å²) < 4.78 is 16.0. The maximum atomic E-state index is 6.57. The summed E-state index contributed by atoms with van der Waals surface area (Å²) in [5, 5.41) is 4.65. The van der Waals surface area contributed by atoms with E-state index in [0.717, 1.165) is 87.7 Å². The molecule has 1 N–H and O–H groups in total. The van der Waals surface area contributed by atoms with Crippen LogP contribution in [0.15, 0.2) is 12.1 Å². The molecule has 7 heteroatoms. The lowest BCUT2D eigenvalue weighted by atomic mass is 9.82. The lowest BCUT2D eigenvalue weighted by Gasteiger charge is -2.35. The highest BCUT2D eigenvalue weighted by atomic mass is 35.5. The molecule has 3 fully saturated rings. The average molecular weight is 431 g/mol. The van der Waals surface area contributed by atoms with Gasteiger partial charge in [-0.15, -0.1) is 0 Å². The second kappa shape index (κ2) is 11.6. The second-order valence-corrected chi connectivity index (χ2v) is 8.47. The number of ether oxygens (including phenoxy) is 3. The monoisotopic (exact) mass is 430 g/mol. The molecule has 1 saturated carbocycles. The first-order valence-electron chi connectivity index (χ1n) is 10.3. The smallest absolute Gasteiger partial charge is 0.138 e. The largest absolute Gasteiger partial charge is 0.489 e. The fraction of sp³-hybridized carbons (Fsp3) is 0.714. The third kappa shape index (κ3) is 6.48. The minimum absolute atomic E-state index is 0.289. The second-order valence-electron chi connectivity index (χ2n) is 7.68. The van der Waals surface area contributed by atoms with E-state index in [1.165, 1.54) is 12.8 Å². The van der Waals surface area contributed by atoms with Gasteiger partial charge in [-0.2, -0.15) is 0 Å². The molecule has 0 amide bonds. The summed E-state index contributed by atoms with van der Waals surface area (Å²) >= 11 is 12.9. The Morgan fingerprint density at radius 3 is 2.29 bits per heavy atom. The molecule has 0 aromatic heterocycles. The number of nitrogens with zero attached hydrogens (tertiary/aromatic N) is 1. The van der Waals surface area contributed by atoms with Gasteiger partial charge < -0.3 is 19.5 Å². The van der Waals surface area contributed by atoms with Gasteiger partial charge in [-0.3, -0.25) is 4.90 Å². The summed E-state index contributed by atoms with van der Waals surface area (Å²) in [6.45, 7) is 7.26. The van der Waals surface area contributed by atoms with Crippen molar-refractivity contribution in [2.45, 2.75) is 38.3 Å². The molecule has 3 aliphatic rings. The van der Waals surface area contributed by atoms with Gasteiger partial charge in [-0.1, -0.05) is 23.2 Å². The van der Waals surface area contributed by atoms with Gasteiger partial charge in [-0.05, 0) is 70.4 Å². The van der Waals surface area contributed by atoms with E-state index < -0.39 is 0 Å². The van der Waals surface area contributed by atoms with Crippen LogP contribution in [0.5, 0.6) is 5.75 Å². The summed E-state index contributed by atoms with van der Waals surface area (Å²) in [6.07, 6.45) is 5.01. The van der Waals surface area contributed by atoms with Crippen LogP contribution in [0.3, 0.4) is 0 Å². The van der Waals surface area contributed by atoms with Crippen molar-refractivity contribution in [3.05, 3.63) is 27.7 Å². The fourth-order valence-corrected chi connectivity index (χ4v) is 4.36. The third-order valence-corrected chi connectivity index (χ3v) is 6.22. The van der Waals surface area contributed by atoms with Crippen LogP contribution in [-0.4, -0.2) is 64.1 Å². The average Bonchev–Trinajstić information content (AvgIpc) is 3.20. The molecule has 158 valence electrons. The maximum Gasteiger partial charge on any atom is 0.138 e. The van der Waals surface area contributed by atoms with Crippen molar-refractivity contribution in [3.63, 3.8) is 0 Å². The van der Waals surface area contributed by atoms with Crippen LogP contribution in [0.2, 0.25) is 10.0 Å². The Morgan fingerprint density at radius 2 is 1.71 bits per heavy atom. The zero-order chi connectivity index (χ0) is 19.8. The van der Waals surface area contributed by atoms with E-state index >= 15 is 0 Å². The quantitative estimate of drug-likeness (QED) is 0.738. The summed E-state index contributed by atoms with van der Waals surface area (Å²) in [7, 11) is 1.99. The highest BCUT2D eigenvalue weighted by molar-refractivity contribution is 6.36. The molecular formula is C21H32Cl2N2O3. The Kier molecular flexibility index (Phi) is 9.15. The van der Waals surface area contributed by atoms with E-state index in [9.17, 15) is 0 Å². The van der Waals surface area contributed by atoms with E-state index in [1.807, 2.05) is 19.2 Å². The van der Waals surface area contributed by atoms with Gasteiger partial charge in [0.1, 0.15) is 5.75 Å². The normalized spacial score (nSPS) is 25.0. The van der Waals surface area contributed by atoms with Crippen LogP contribution < -0.4 is 10.1 Å². The topological polar surface area (TPSA) is 43.0 Å². The van der Waals surface area contributed by atoms with Crippen molar-refractivity contribution in [3.8, 4) is 5.75 Å². The number of halogens is 2. The fourth-order valence-electron chi connectivity index (χ4n) is 3.82. The lowest BCUT2D eigenvalue weighted by Crippen LogP contribution is -2.38. The Morgan fingerprint density at radius 1 is 1.07 bits per heavy atom. The van der Waals surface area contributed by atoms with Crippen molar-refractivity contribution in [2.24, 2.45) is 5.92 Å². The van der Waals surface area contributed by atoms with Gasteiger partial charge in [-0.25, -0.2) is 0 Å².